The molecule has 0 spiro atoms. The van der Waals surface area contributed by atoms with Crippen LogP contribution < -0.4 is 10.1 Å². The minimum absolute atomic E-state index is 0.359. The van der Waals surface area contributed by atoms with Crippen molar-refractivity contribution in [2.24, 2.45) is 5.92 Å². The van der Waals surface area contributed by atoms with E-state index in [1.807, 2.05) is 6.92 Å². The SMILES string of the molecule is CCNC(C)c1ccc(OCC)c(COCC2CC2)c1. The van der Waals surface area contributed by atoms with E-state index in [0.29, 0.717) is 19.3 Å². The fourth-order valence-corrected chi connectivity index (χ4v) is 2.32. The van der Waals surface area contributed by atoms with E-state index in [2.05, 4.69) is 37.4 Å². The summed E-state index contributed by atoms with van der Waals surface area (Å²) in [7, 11) is 0. The quantitative estimate of drug-likeness (QED) is 0.747. The van der Waals surface area contributed by atoms with Crippen LogP contribution >= 0.6 is 0 Å². The molecule has 2 rings (SSSR count). The molecule has 112 valence electrons. The van der Waals surface area contributed by atoms with Gasteiger partial charge < -0.3 is 14.8 Å². The summed E-state index contributed by atoms with van der Waals surface area (Å²) in [6.07, 6.45) is 2.66. The molecule has 0 bridgehead atoms. The number of ether oxygens (including phenoxy) is 2. The van der Waals surface area contributed by atoms with Gasteiger partial charge in [-0.15, -0.1) is 0 Å². The fourth-order valence-electron chi connectivity index (χ4n) is 2.32. The first-order valence-electron chi connectivity index (χ1n) is 7.81. The van der Waals surface area contributed by atoms with E-state index in [-0.39, 0.29) is 0 Å². The zero-order valence-electron chi connectivity index (χ0n) is 12.9. The molecular weight excluding hydrogens is 250 g/mol. The van der Waals surface area contributed by atoms with Crippen LogP contribution in [-0.4, -0.2) is 19.8 Å². The summed E-state index contributed by atoms with van der Waals surface area (Å²) in [6.45, 7) is 9.54. The Morgan fingerprint density at radius 2 is 2.10 bits per heavy atom. The average molecular weight is 277 g/mol. The standard InChI is InChI=1S/C17H27NO2/c1-4-18-13(3)15-8-9-17(20-5-2)16(10-15)12-19-11-14-6-7-14/h8-10,13-14,18H,4-7,11-12H2,1-3H3. The van der Waals surface area contributed by atoms with Crippen LogP contribution in [0.2, 0.25) is 0 Å². The van der Waals surface area contributed by atoms with Crippen molar-refractivity contribution in [1.82, 2.24) is 5.32 Å². The molecule has 1 atom stereocenters. The summed E-state index contributed by atoms with van der Waals surface area (Å²) >= 11 is 0. The van der Waals surface area contributed by atoms with E-state index in [1.165, 1.54) is 18.4 Å². The first-order valence-corrected chi connectivity index (χ1v) is 7.81. The van der Waals surface area contributed by atoms with E-state index >= 15 is 0 Å². The molecule has 0 amide bonds. The molecular formula is C17H27NO2. The lowest BCUT2D eigenvalue weighted by atomic mass is 10.0. The third-order valence-corrected chi connectivity index (χ3v) is 3.70. The van der Waals surface area contributed by atoms with Crippen molar-refractivity contribution >= 4 is 0 Å². The van der Waals surface area contributed by atoms with Crippen molar-refractivity contribution in [3.8, 4) is 5.75 Å². The lowest BCUT2D eigenvalue weighted by molar-refractivity contribution is 0.109. The van der Waals surface area contributed by atoms with E-state index in [9.17, 15) is 0 Å². The van der Waals surface area contributed by atoms with E-state index in [0.717, 1.165) is 30.4 Å². The van der Waals surface area contributed by atoms with Gasteiger partial charge >= 0.3 is 0 Å². The Morgan fingerprint density at radius 3 is 2.75 bits per heavy atom. The summed E-state index contributed by atoms with van der Waals surface area (Å²) < 4.78 is 11.5. The highest BCUT2D eigenvalue weighted by Gasteiger charge is 2.21. The topological polar surface area (TPSA) is 30.5 Å². The number of hydrogen-bond donors (Lipinski definition) is 1. The molecule has 1 aromatic carbocycles. The normalized spacial score (nSPS) is 16.1. The fraction of sp³-hybridized carbons (Fsp3) is 0.647. The number of nitrogens with one attached hydrogen (secondary N) is 1. The van der Waals surface area contributed by atoms with Gasteiger partial charge in [-0.3, -0.25) is 0 Å². The van der Waals surface area contributed by atoms with E-state index in [4.69, 9.17) is 9.47 Å². The van der Waals surface area contributed by atoms with Crippen LogP contribution in [0.5, 0.6) is 5.75 Å². The smallest absolute Gasteiger partial charge is 0.124 e. The predicted octanol–water partition coefficient (Wildman–Crippen LogP) is 3.68. The molecule has 1 N–H and O–H groups in total. The van der Waals surface area contributed by atoms with Crippen molar-refractivity contribution in [2.45, 2.75) is 46.3 Å². The Labute approximate surface area is 122 Å². The van der Waals surface area contributed by atoms with Crippen molar-refractivity contribution in [1.29, 1.82) is 0 Å². The van der Waals surface area contributed by atoms with Crippen molar-refractivity contribution in [2.75, 3.05) is 19.8 Å². The number of benzene rings is 1. The lowest BCUT2D eigenvalue weighted by Gasteiger charge is -2.17. The molecule has 1 fully saturated rings. The van der Waals surface area contributed by atoms with Gasteiger partial charge in [-0.2, -0.15) is 0 Å². The summed E-state index contributed by atoms with van der Waals surface area (Å²) in [4.78, 5) is 0. The van der Waals surface area contributed by atoms with Gasteiger partial charge in [-0.05, 0) is 56.8 Å². The van der Waals surface area contributed by atoms with Gasteiger partial charge in [-0.25, -0.2) is 0 Å². The number of hydrogen-bond acceptors (Lipinski definition) is 3. The highest BCUT2D eigenvalue weighted by atomic mass is 16.5. The van der Waals surface area contributed by atoms with Crippen LogP contribution in [-0.2, 0) is 11.3 Å². The summed E-state index contributed by atoms with van der Waals surface area (Å²) in [6, 6.07) is 6.79. The maximum atomic E-state index is 5.82. The molecule has 1 unspecified atom stereocenters. The first kappa shape index (κ1) is 15.3. The Morgan fingerprint density at radius 1 is 1.30 bits per heavy atom. The number of rotatable bonds is 9. The van der Waals surface area contributed by atoms with Gasteiger partial charge in [0.15, 0.2) is 0 Å². The Kier molecular flexibility index (Phi) is 5.86. The van der Waals surface area contributed by atoms with Gasteiger partial charge in [-0.1, -0.05) is 13.0 Å². The molecule has 0 aliphatic heterocycles. The van der Waals surface area contributed by atoms with Crippen LogP contribution in [0.4, 0.5) is 0 Å². The minimum Gasteiger partial charge on any atom is -0.494 e. The van der Waals surface area contributed by atoms with Gasteiger partial charge in [0, 0.05) is 18.2 Å². The summed E-state index contributed by atoms with van der Waals surface area (Å²) in [5.74, 6) is 1.75. The van der Waals surface area contributed by atoms with Gasteiger partial charge in [0.1, 0.15) is 5.75 Å². The third-order valence-electron chi connectivity index (χ3n) is 3.70. The van der Waals surface area contributed by atoms with Crippen molar-refractivity contribution < 1.29 is 9.47 Å². The highest BCUT2D eigenvalue weighted by Crippen LogP contribution is 2.30. The zero-order chi connectivity index (χ0) is 14.4. The Hall–Kier alpha value is -1.06. The second-order valence-electron chi connectivity index (χ2n) is 5.54. The molecule has 0 aromatic heterocycles. The summed E-state index contributed by atoms with van der Waals surface area (Å²) in [5, 5.41) is 3.44. The van der Waals surface area contributed by atoms with Crippen molar-refractivity contribution in [3.63, 3.8) is 0 Å². The first-order chi connectivity index (χ1) is 9.74. The maximum absolute atomic E-state index is 5.82. The molecule has 3 heteroatoms. The van der Waals surface area contributed by atoms with Crippen LogP contribution in [0.25, 0.3) is 0 Å². The van der Waals surface area contributed by atoms with Gasteiger partial charge in [0.25, 0.3) is 0 Å². The monoisotopic (exact) mass is 277 g/mol. The van der Waals surface area contributed by atoms with Gasteiger partial charge in [0.05, 0.1) is 13.2 Å². The average Bonchev–Trinajstić information content (AvgIpc) is 3.25. The van der Waals surface area contributed by atoms with E-state index in [1.54, 1.807) is 0 Å². The molecule has 0 saturated heterocycles. The van der Waals surface area contributed by atoms with Crippen molar-refractivity contribution in [3.05, 3.63) is 29.3 Å². The van der Waals surface area contributed by atoms with Crippen LogP contribution in [0, 0.1) is 5.92 Å². The molecule has 3 nitrogen and oxygen atoms in total. The van der Waals surface area contributed by atoms with Crippen LogP contribution in [0.15, 0.2) is 18.2 Å². The maximum Gasteiger partial charge on any atom is 0.124 e. The Bertz CT molecular complexity index is 415. The minimum atomic E-state index is 0.359. The Balaban J connectivity index is 2.03. The third kappa shape index (κ3) is 4.50. The second-order valence-corrected chi connectivity index (χ2v) is 5.54. The molecule has 20 heavy (non-hydrogen) atoms. The largest absolute Gasteiger partial charge is 0.494 e. The van der Waals surface area contributed by atoms with Crippen LogP contribution in [0.3, 0.4) is 0 Å². The molecule has 0 heterocycles. The second kappa shape index (κ2) is 7.65. The lowest BCUT2D eigenvalue weighted by Crippen LogP contribution is -2.18. The predicted molar refractivity (Wildman–Crippen MR) is 82.1 cm³/mol. The highest BCUT2D eigenvalue weighted by molar-refractivity contribution is 5.38. The van der Waals surface area contributed by atoms with E-state index < -0.39 is 0 Å². The molecule has 1 saturated carbocycles. The molecule has 1 aromatic rings. The van der Waals surface area contributed by atoms with Gasteiger partial charge in [0.2, 0.25) is 0 Å². The summed E-state index contributed by atoms with van der Waals surface area (Å²) in [5.41, 5.74) is 2.45. The molecule has 1 aliphatic carbocycles. The van der Waals surface area contributed by atoms with Crippen LogP contribution in [0.1, 0.15) is 50.8 Å². The molecule has 1 aliphatic rings. The molecule has 0 radical (unpaired) electrons. The zero-order valence-corrected chi connectivity index (χ0v) is 12.9.